The smallest absolute Gasteiger partial charge is 0.189 e. The van der Waals surface area contributed by atoms with E-state index in [0.717, 1.165) is 120 Å². The second kappa shape index (κ2) is 44.0. The van der Waals surface area contributed by atoms with Crippen LogP contribution in [-0.2, 0) is 67.6 Å². The molecule has 0 amide bonds. The van der Waals surface area contributed by atoms with Gasteiger partial charge in [-0.3, -0.25) is 0 Å². The van der Waals surface area contributed by atoms with Crippen molar-refractivity contribution >= 4 is 112 Å². The SMILES string of the molecule is CCOCOc1ccccc1Cc1cccc(Cc2cccc(Cc3ccccc3OCC(O)COc3c(Br)cc(C(C)(C)c4cc(Br)c(OCC(O)COc5ccccc5Cc5cccc(Cc6cccc(Cc7ccccc7OCC7CO7)c6OCC(O)COc6c(Br)cc(Br)cc6Br)c5OCC5CO5)c(Br)c4)cc3Br)c2OCC2CO2)c1OCC1CO1. The lowest BCUT2D eigenvalue weighted by Gasteiger charge is -2.28. The Balaban J connectivity index is 0.564. The summed E-state index contributed by atoms with van der Waals surface area (Å²) in [5, 5.41) is 34.6. The van der Waals surface area contributed by atoms with Crippen molar-refractivity contribution in [1.29, 1.82) is 0 Å². The van der Waals surface area contributed by atoms with E-state index >= 15 is 0 Å². The van der Waals surface area contributed by atoms with Gasteiger partial charge >= 0.3 is 0 Å². The average Bonchev–Trinajstić information content (AvgIpc) is 1.71. The second-order valence-corrected chi connectivity index (χ2v) is 37.7. The van der Waals surface area contributed by atoms with Crippen LogP contribution in [0, 0.1) is 0 Å². The minimum atomic E-state index is -1.02. The number of halogens is 7. The van der Waals surface area contributed by atoms with Crippen LogP contribution in [0.4, 0.5) is 0 Å². The Hall–Kier alpha value is -7.74. The molecule has 7 atom stereocenters. The third kappa shape index (κ3) is 25.6. The zero-order valence-corrected chi connectivity index (χ0v) is 80.3. The van der Waals surface area contributed by atoms with E-state index in [-0.39, 0.29) is 70.9 Å². The summed E-state index contributed by atoms with van der Waals surface area (Å²) in [6.07, 6.45) is 0.133. The summed E-state index contributed by atoms with van der Waals surface area (Å²) in [4.78, 5) is 0. The number of ether oxygens (including phenoxy) is 16. The lowest BCUT2D eigenvalue weighted by molar-refractivity contribution is 0.0219. The maximum atomic E-state index is 11.6. The molecule has 11 aromatic rings. The Morgan fingerprint density at radius 3 is 0.824 bits per heavy atom. The topological polar surface area (TPSA) is 222 Å². The van der Waals surface area contributed by atoms with Crippen molar-refractivity contribution in [1.82, 2.24) is 0 Å². The highest BCUT2D eigenvalue weighted by molar-refractivity contribution is 9.12. The number of rotatable bonds is 48. The third-order valence-corrected chi connectivity index (χ3v) is 25.6. The first kappa shape index (κ1) is 92.0. The molecular formula is C99H97Br7O19. The molecule has 4 fully saturated rings. The number of para-hydroxylation sites is 8. The molecule has 4 aliphatic heterocycles. The van der Waals surface area contributed by atoms with E-state index in [0.29, 0.717) is 150 Å². The first-order valence-electron chi connectivity index (χ1n) is 41.6. The molecule has 0 radical (unpaired) electrons. The van der Waals surface area contributed by atoms with E-state index in [1.807, 2.05) is 146 Å². The Bertz CT molecular complexity index is 5430. The van der Waals surface area contributed by atoms with Crippen molar-refractivity contribution in [3.63, 3.8) is 0 Å². The summed E-state index contributed by atoms with van der Waals surface area (Å²) in [6.45, 7) is 11.0. The molecule has 0 aliphatic carbocycles. The van der Waals surface area contributed by atoms with Gasteiger partial charge in [0.1, 0.15) is 172 Å². The highest BCUT2D eigenvalue weighted by Crippen LogP contribution is 2.47. The minimum Gasteiger partial charge on any atom is -0.490 e. The van der Waals surface area contributed by atoms with Gasteiger partial charge < -0.3 is 91.1 Å². The molecule has 125 heavy (non-hydrogen) atoms. The summed E-state index contributed by atoms with van der Waals surface area (Å²) < 4.78 is 104. The van der Waals surface area contributed by atoms with E-state index in [2.05, 4.69) is 192 Å². The second-order valence-electron chi connectivity index (χ2n) is 31.6. The van der Waals surface area contributed by atoms with Crippen LogP contribution < -0.4 is 52.1 Å². The van der Waals surface area contributed by atoms with E-state index in [4.69, 9.17) is 75.8 Å². The number of hydrogen-bond acceptors (Lipinski definition) is 19. The third-order valence-electron chi connectivity index (χ3n) is 21.6. The van der Waals surface area contributed by atoms with E-state index in [9.17, 15) is 15.3 Å². The summed E-state index contributed by atoms with van der Waals surface area (Å²) in [6, 6.07) is 68.4. The summed E-state index contributed by atoms with van der Waals surface area (Å²) >= 11 is 25.9. The molecule has 7 unspecified atom stereocenters. The van der Waals surface area contributed by atoms with Gasteiger partial charge in [-0.2, -0.15) is 0 Å². The molecule has 19 nitrogen and oxygen atoms in total. The van der Waals surface area contributed by atoms with E-state index in [1.54, 1.807) is 0 Å². The van der Waals surface area contributed by atoms with Crippen molar-refractivity contribution in [3.8, 4) is 63.2 Å². The first-order valence-corrected chi connectivity index (χ1v) is 47.2. The van der Waals surface area contributed by atoms with Crippen LogP contribution in [0.2, 0.25) is 0 Å². The van der Waals surface area contributed by atoms with Gasteiger partial charge in [0.25, 0.3) is 0 Å². The molecule has 15 rings (SSSR count). The maximum absolute atomic E-state index is 11.6. The fourth-order valence-corrected chi connectivity index (χ4v) is 19.9. The lowest BCUT2D eigenvalue weighted by Crippen LogP contribution is -2.26. The van der Waals surface area contributed by atoms with E-state index < -0.39 is 23.7 Å². The van der Waals surface area contributed by atoms with Crippen LogP contribution in [0.25, 0.3) is 0 Å². The zero-order chi connectivity index (χ0) is 86.9. The predicted octanol–water partition coefficient (Wildman–Crippen LogP) is 20.8. The molecule has 4 saturated heterocycles. The predicted molar refractivity (Wildman–Crippen MR) is 503 cm³/mol. The molecule has 0 bridgehead atoms. The summed E-state index contributed by atoms with van der Waals surface area (Å²) in [5.74, 6) is 7.34. The molecule has 11 aromatic carbocycles. The van der Waals surface area contributed by atoms with Crippen molar-refractivity contribution in [2.24, 2.45) is 0 Å². The molecule has 0 spiro atoms. The fraction of sp³-hybridized carbons (Fsp3) is 0.333. The Morgan fingerprint density at radius 2 is 0.528 bits per heavy atom. The number of aliphatic hydroxyl groups excluding tert-OH is 3. The number of benzene rings is 11. The molecule has 4 heterocycles. The normalized spacial score (nSPS) is 16.3. The molecule has 0 saturated carbocycles. The maximum Gasteiger partial charge on any atom is 0.189 e. The Labute approximate surface area is 787 Å². The largest absolute Gasteiger partial charge is 0.490 e. The molecule has 3 N–H and O–H groups in total. The van der Waals surface area contributed by atoms with Crippen LogP contribution in [0.5, 0.6) is 63.2 Å². The van der Waals surface area contributed by atoms with Gasteiger partial charge in [-0.05, 0) is 241 Å². The molecule has 4 aliphatic rings. The average molecular weight is 2150 g/mol. The van der Waals surface area contributed by atoms with Gasteiger partial charge in [0.15, 0.2) is 6.79 Å². The van der Waals surface area contributed by atoms with E-state index in [1.165, 1.54) is 0 Å². The quantitative estimate of drug-likeness (QED) is 0.0183. The fourth-order valence-electron chi connectivity index (χ4n) is 14.5. The summed E-state index contributed by atoms with van der Waals surface area (Å²) in [5.41, 5.74) is 12.9. The van der Waals surface area contributed by atoms with Gasteiger partial charge in [0.05, 0.1) is 53.3 Å². The number of hydrogen-bond donors (Lipinski definition) is 3. The Kier molecular flexibility index (Phi) is 32.4. The van der Waals surface area contributed by atoms with Gasteiger partial charge in [-0.1, -0.05) is 175 Å². The number of aliphatic hydroxyl groups is 3. The molecular weight excluding hydrogens is 2050 g/mol. The zero-order valence-electron chi connectivity index (χ0n) is 69.2. The Morgan fingerprint density at radius 1 is 0.296 bits per heavy atom. The highest BCUT2D eigenvalue weighted by atomic mass is 79.9. The number of epoxide rings is 4. The minimum absolute atomic E-state index is 0.0220. The van der Waals surface area contributed by atoms with Crippen molar-refractivity contribution in [2.45, 2.75) is 107 Å². The van der Waals surface area contributed by atoms with Crippen LogP contribution >= 0.6 is 112 Å². The molecule has 26 heteroatoms. The van der Waals surface area contributed by atoms with Gasteiger partial charge in [0, 0.05) is 55.0 Å². The standard InChI is InChI=1S/C99H97Br7O19/c1-4-110-59-125-91-32-12-8-20-63(91)36-67-24-16-28-71(95(67)124-58-81-54-114-81)38-70-27-15-23-66(94(70)123-57-80-53-113-80)34-61-18-6-10-30-89(61)116-46-76(108)49-120-97-84(103)41-73(42-85(97)104)99(2,3)72-39-82(101)96(83(102)40-72)119-48-75(107)45-115-88-29-9-5-17-60(88)33-65-22-14-26-69(93(65)122-56-79-52-112-79)37-68-25-13-21-64(35-62-19-7-11-31-90(62)117-55-78-51-111-78)92(68)118-47-77(109)50-121-98-86(105)43-74(100)44-87(98)106/h5-32,39-44,75-81,107-109H,4,33-38,45-59H2,1-3H3. The van der Waals surface area contributed by atoms with Gasteiger partial charge in [0.2, 0.25) is 0 Å². The van der Waals surface area contributed by atoms with Crippen LogP contribution in [0.3, 0.4) is 0 Å². The van der Waals surface area contributed by atoms with Crippen molar-refractivity contribution in [2.75, 3.05) is 106 Å². The van der Waals surface area contributed by atoms with Crippen LogP contribution in [0.1, 0.15) is 98.7 Å². The molecule has 656 valence electrons. The van der Waals surface area contributed by atoms with Crippen molar-refractivity contribution < 1.29 is 91.1 Å². The van der Waals surface area contributed by atoms with Crippen LogP contribution in [-0.4, -0.2) is 164 Å². The van der Waals surface area contributed by atoms with Gasteiger partial charge in [-0.25, -0.2) is 0 Å². The van der Waals surface area contributed by atoms with Crippen LogP contribution in [0.15, 0.2) is 238 Å². The first-order chi connectivity index (χ1) is 60.7. The summed E-state index contributed by atoms with van der Waals surface area (Å²) in [7, 11) is 0. The lowest BCUT2D eigenvalue weighted by atomic mass is 9.78. The van der Waals surface area contributed by atoms with Gasteiger partial charge in [-0.15, -0.1) is 0 Å². The highest BCUT2D eigenvalue weighted by Gasteiger charge is 2.33. The monoisotopic (exact) mass is 2140 g/mol. The van der Waals surface area contributed by atoms with Crippen molar-refractivity contribution in [3.05, 3.63) is 315 Å². The molecule has 0 aromatic heterocycles.